The molecule has 4 rings (SSSR count). The Balaban J connectivity index is 1.34. The van der Waals surface area contributed by atoms with Gasteiger partial charge in [-0.05, 0) is 30.3 Å². The number of nitrogens with one attached hydrogen (secondary N) is 1. The lowest BCUT2D eigenvalue weighted by Crippen LogP contribution is -2.48. The van der Waals surface area contributed by atoms with E-state index in [1.54, 1.807) is 41.7 Å². The van der Waals surface area contributed by atoms with Crippen LogP contribution in [0.4, 0.5) is 20.6 Å². The quantitative estimate of drug-likeness (QED) is 0.670. The molecule has 2 saturated heterocycles. The molecule has 1 aromatic carbocycles. The molecule has 1 aromatic heterocycles. The first-order chi connectivity index (χ1) is 15.9. The van der Waals surface area contributed by atoms with Crippen LogP contribution in [-0.2, 0) is 14.3 Å². The van der Waals surface area contributed by atoms with E-state index in [0.717, 1.165) is 5.56 Å². The van der Waals surface area contributed by atoms with Gasteiger partial charge in [-0.3, -0.25) is 14.5 Å². The van der Waals surface area contributed by atoms with Crippen LogP contribution in [0, 0.1) is 5.82 Å². The Labute approximate surface area is 190 Å². The molecule has 0 spiro atoms. The van der Waals surface area contributed by atoms with Gasteiger partial charge in [0.15, 0.2) is 0 Å². The summed E-state index contributed by atoms with van der Waals surface area (Å²) < 4.78 is 25.1. The summed E-state index contributed by atoms with van der Waals surface area (Å²) in [5, 5.41) is 2.61. The average molecular weight is 456 g/mol. The second kappa shape index (κ2) is 9.76. The van der Waals surface area contributed by atoms with Crippen molar-refractivity contribution >= 4 is 35.4 Å². The van der Waals surface area contributed by atoms with E-state index in [2.05, 4.69) is 5.32 Å². The number of furan rings is 1. The predicted octanol–water partition coefficient (Wildman–Crippen LogP) is 2.24. The summed E-state index contributed by atoms with van der Waals surface area (Å²) in [5.41, 5.74) is 1.62. The zero-order chi connectivity index (χ0) is 23.4. The maximum Gasteiger partial charge on any atom is 0.414 e. The van der Waals surface area contributed by atoms with Crippen LogP contribution in [0.25, 0.3) is 6.08 Å². The number of amides is 3. The molecule has 0 bridgehead atoms. The monoisotopic (exact) mass is 456 g/mol. The van der Waals surface area contributed by atoms with Crippen LogP contribution in [0.5, 0.6) is 0 Å². The van der Waals surface area contributed by atoms with Crippen molar-refractivity contribution in [2.24, 2.45) is 0 Å². The van der Waals surface area contributed by atoms with Crippen LogP contribution >= 0.6 is 0 Å². The minimum atomic E-state index is -0.576. The maximum atomic E-state index is 14.9. The molecule has 3 amide bonds. The highest BCUT2D eigenvalue weighted by Crippen LogP contribution is 2.28. The van der Waals surface area contributed by atoms with E-state index in [9.17, 15) is 18.8 Å². The molecule has 3 heterocycles. The Hall–Kier alpha value is -3.82. The molecule has 9 nitrogen and oxygen atoms in total. The first-order valence-electron chi connectivity index (χ1n) is 10.7. The Bertz CT molecular complexity index is 1050. The van der Waals surface area contributed by atoms with E-state index in [1.807, 2.05) is 4.90 Å². The Kier molecular flexibility index (Phi) is 6.62. The molecular weight excluding hydrogens is 431 g/mol. The molecule has 2 aliphatic rings. The molecular formula is C23H25FN4O5. The third kappa shape index (κ3) is 5.33. The second-order valence-corrected chi connectivity index (χ2v) is 7.89. The van der Waals surface area contributed by atoms with E-state index in [4.69, 9.17) is 9.15 Å². The minimum absolute atomic E-state index is 0.104. The van der Waals surface area contributed by atoms with Crippen molar-refractivity contribution in [3.63, 3.8) is 0 Å². The largest absolute Gasteiger partial charge is 0.472 e. The van der Waals surface area contributed by atoms with Gasteiger partial charge in [0.25, 0.3) is 0 Å². The summed E-state index contributed by atoms with van der Waals surface area (Å²) in [4.78, 5) is 40.5. The molecule has 2 aromatic rings. The molecule has 0 radical (unpaired) electrons. The first kappa shape index (κ1) is 22.4. The van der Waals surface area contributed by atoms with Crippen molar-refractivity contribution in [2.45, 2.75) is 13.0 Å². The highest BCUT2D eigenvalue weighted by molar-refractivity contribution is 5.92. The third-order valence-corrected chi connectivity index (χ3v) is 5.59. The van der Waals surface area contributed by atoms with Crippen LogP contribution in [0.2, 0.25) is 0 Å². The summed E-state index contributed by atoms with van der Waals surface area (Å²) in [6.45, 7) is 3.75. The maximum absolute atomic E-state index is 14.9. The number of halogens is 1. The SMILES string of the molecule is CC(=O)NC[C@H]1CN(c2ccc(N3CCN(C(=O)/C=C/c4ccoc4)CC3)c(F)c2)C(=O)O1. The van der Waals surface area contributed by atoms with Crippen molar-refractivity contribution in [3.05, 3.63) is 54.2 Å². The van der Waals surface area contributed by atoms with Crippen molar-refractivity contribution in [1.29, 1.82) is 0 Å². The zero-order valence-electron chi connectivity index (χ0n) is 18.2. The van der Waals surface area contributed by atoms with Gasteiger partial charge < -0.3 is 24.3 Å². The number of carbonyl (C=O) groups excluding carboxylic acids is 3. The first-order valence-corrected chi connectivity index (χ1v) is 10.7. The van der Waals surface area contributed by atoms with E-state index in [0.29, 0.717) is 37.6 Å². The molecule has 10 heteroatoms. The molecule has 1 atom stereocenters. The van der Waals surface area contributed by atoms with Gasteiger partial charge in [-0.2, -0.15) is 0 Å². The minimum Gasteiger partial charge on any atom is -0.472 e. The topological polar surface area (TPSA) is 95.3 Å². The van der Waals surface area contributed by atoms with Crippen molar-refractivity contribution in [1.82, 2.24) is 10.2 Å². The van der Waals surface area contributed by atoms with E-state index in [1.165, 1.54) is 24.0 Å². The number of cyclic esters (lactones) is 1. The normalized spacial score (nSPS) is 18.7. The van der Waals surface area contributed by atoms with E-state index < -0.39 is 18.0 Å². The van der Waals surface area contributed by atoms with E-state index in [-0.39, 0.29) is 24.9 Å². The zero-order valence-corrected chi connectivity index (χ0v) is 18.2. The number of benzene rings is 1. The van der Waals surface area contributed by atoms with Crippen LogP contribution < -0.4 is 15.1 Å². The number of piperazine rings is 1. The third-order valence-electron chi connectivity index (χ3n) is 5.59. The van der Waals surface area contributed by atoms with Crippen LogP contribution in [0.1, 0.15) is 12.5 Å². The molecule has 0 unspecified atom stereocenters. The standard InChI is InChI=1S/C23H25FN4O5/c1-16(29)25-13-19-14-28(23(31)33-19)18-3-4-21(20(24)12-18)26-7-9-27(10-8-26)22(30)5-2-17-6-11-32-15-17/h2-6,11-12,15,19H,7-10,13-14H2,1H3,(H,25,29)/b5-2+/t19-/m0/s1. The van der Waals surface area contributed by atoms with Crippen LogP contribution in [-0.4, -0.2) is 68.2 Å². The number of anilines is 2. The summed E-state index contributed by atoms with van der Waals surface area (Å²) in [5.74, 6) is -0.769. The number of ether oxygens (including phenoxy) is 1. The Morgan fingerprint density at radius 3 is 2.67 bits per heavy atom. The summed E-state index contributed by atoms with van der Waals surface area (Å²) in [6.07, 6.45) is 5.23. The molecule has 2 fully saturated rings. The predicted molar refractivity (Wildman–Crippen MR) is 119 cm³/mol. The molecule has 0 saturated carbocycles. The van der Waals surface area contributed by atoms with Crippen molar-refractivity contribution in [3.8, 4) is 0 Å². The van der Waals surface area contributed by atoms with Crippen LogP contribution in [0.15, 0.2) is 47.3 Å². The fourth-order valence-corrected chi connectivity index (χ4v) is 3.83. The average Bonchev–Trinajstić information content (AvgIpc) is 3.45. The van der Waals surface area contributed by atoms with Crippen molar-refractivity contribution < 1.29 is 27.9 Å². The highest BCUT2D eigenvalue weighted by atomic mass is 19.1. The number of carbonyl (C=O) groups is 3. The smallest absolute Gasteiger partial charge is 0.414 e. The van der Waals surface area contributed by atoms with Gasteiger partial charge in [0, 0.05) is 44.7 Å². The summed E-state index contributed by atoms with van der Waals surface area (Å²) in [7, 11) is 0. The highest BCUT2D eigenvalue weighted by Gasteiger charge is 2.33. The number of hydrogen-bond acceptors (Lipinski definition) is 6. The van der Waals surface area contributed by atoms with Gasteiger partial charge in [0.05, 0.1) is 37.0 Å². The van der Waals surface area contributed by atoms with Gasteiger partial charge in [0.2, 0.25) is 11.8 Å². The number of rotatable bonds is 6. The lowest BCUT2D eigenvalue weighted by atomic mass is 10.2. The summed E-state index contributed by atoms with van der Waals surface area (Å²) in [6, 6.07) is 6.38. The van der Waals surface area contributed by atoms with Gasteiger partial charge in [-0.25, -0.2) is 9.18 Å². The Morgan fingerprint density at radius 1 is 1.21 bits per heavy atom. The number of hydrogen-bond donors (Lipinski definition) is 1. The molecule has 33 heavy (non-hydrogen) atoms. The van der Waals surface area contributed by atoms with Crippen molar-refractivity contribution in [2.75, 3.05) is 49.1 Å². The van der Waals surface area contributed by atoms with Gasteiger partial charge in [-0.1, -0.05) is 0 Å². The lowest BCUT2D eigenvalue weighted by molar-refractivity contribution is -0.126. The molecule has 174 valence electrons. The number of nitrogens with zero attached hydrogens (tertiary/aromatic N) is 3. The molecule has 1 N–H and O–H groups in total. The van der Waals surface area contributed by atoms with Gasteiger partial charge >= 0.3 is 6.09 Å². The molecule has 0 aliphatic carbocycles. The fraction of sp³-hybridized carbons (Fsp3) is 0.348. The van der Waals surface area contributed by atoms with Gasteiger partial charge in [0.1, 0.15) is 11.9 Å². The summed E-state index contributed by atoms with van der Waals surface area (Å²) >= 11 is 0. The van der Waals surface area contributed by atoms with Gasteiger partial charge in [-0.15, -0.1) is 0 Å². The lowest BCUT2D eigenvalue weighted by Gasteiger charge is -2.36. The van der Waals surface area contributed by atoms with E-state index >= 15 is 0 Å². The van der Waals surface area contributed by atoms with Crippen LogP contribution in [0.3, 0.4) is 0 Å². The Morgan fingerprint density at radius 2 is 2.00 bits per heavy atom. The molecule has 2 aliphatic heterocycles. The second-order valence-electron chi connectivity index (χ2n) is 7.89. The fourth-order valence-electron chi connectivity index (χ4n) is 3.83.